The minimum atomic E-state index is -0.306. The van der Waals surface area contributed by atoms with Crippen LogP contribution in [0.2, 0.25) is 0 Å². The van der Waals surface area contributed by atoms with Gasteiger partial charge in [-0.2, -0.15) is 4.98 Å². The number of hydrogen-bond acceptors (Lipinski definition) is 6. The Kier molecular flexibility index (Phi) is 4.09. The molecule has 3 aliphatic rings. The van der Waals surface area contributed by atoms with Gasteiger partial charge in [0.25, 0.3) is 0 Å². The summed E-state index contributed by atoms with van der Waals surface area (Å²) in [7, 11) is 0. The summed E-state index contributed by atoms with van der Waals surface area (Å²) in [5.74, 6) is 2.89. The maximum atomic E-state index is 13.0. The third kappa shape index (κ3) is 3.30. The first-order valence-electron chi connectivity index (χ1n) is 9.21. The molecule has 3 unspecified atom stereocenters. The average Bonchev–Trinajstić information content (AvgIpc) is 3.21. The van der Waals surface area contributed by atoms with E-state index in [4.69, 9.17) is 9.26 Å². The molecule has 0 spiro atoms. The van der Waals surface area contributed by atoms with Gasteiger partial charge in [0.1, 0.15) is 11.6 Å². The molecule has 1 N–H and O–H groups in total. The molecule has 2 aliphatic heterocycles. The third-order valence-electron chi connectivity index (χ3n) is 5.42. The van der Waals surface area contributed by atoms with Crippen molar-refractivity contribution in [2.45, 2.75) is 31.2 Å². The Morgan fingerprint density at radius 1 is 1.11 bits per heavy atom. The van der Waals surface area contributed by atoms with Gasteiger partial charge in [0.2, 0.25) is 17.6 Å². The summed E-state index contributed by atoms with van der Waals surface area (Å²) in [6, 6.07) is 9.82. The third-order valence-corrected chi connectivity index (χ3v) is 5.42. The van der Waals surface area contributed by atoms with Crippen LogP contribution in [0.5, 0.6) is 11.6 Å². The first-order valence-corrected chi connectivity index (χ1v) is 9.21. The lowest BCUT2D eigenvalue weighted by molar-refractivity contribution is 0.158. The van der Waals surface area contributed by atoms with Crippen LogP contribution in [-0.4, -0.2) is 27.7 Å². The molecule has 1 saturated carbocycles. The second-order valence-electron chi connectivity index (χ2n) is 7.20. The smallest absolute Gasteiger partial charge is 0.231 e. The van der Waals surface area contributed by atoms with E-state index in [1.165, 1.54) is 25.0 Å². The summed E-state index contributed by atoms with van der Waals surface area (Å²) in [6.07, 6.45) is 5.22. The van der Waals surface area contributed by atoms with E-state index in [-0.39, 0.29) is 5.82 Å². The number of aromatic nitrogens is 3. The zero-order valence-corrected chi connectivity index (χ0v) is 14.6. The molecular formula is C20H19FN4O2. The fourth-order valence-corrected chi connectivity index (χ4v) is 3.98. The molecule has 138 valence electrons. The number of halogens is 1. The Labute approximate surface area is 155 Å². The van der Waals surface area contributed by atoms with Gasteiger partial charge < -0.3 is 14.6 Å². The van der Waals surface area contributed by atoms with E-state index in [1.54, 1.807) is 24.4 Å². The van der Waals surface area contributed by atoms with Crippen LogP contribution in [0, 0.1) is 11.7 Å². The molecule has 3 fully saturated rings. The van der Waals surface area contributed by atoms with Gasteiger partial charge in [-0.1, -0.05) is 5.16 Å². The van der Waals surface area contributed by atoms with Crippen molar-refractivity contribution in [3.05, 3.63) is 54.3 Å². The van der Waals surface area contributed by atoms with Crippen LogP contribution < -0.4 is 10.1 Å². The van der Waals surface area contributed by atoms with Crippen molar-refractivity contribution in [3.63, 3.8) is 0 Å². The monoisotopic (exact) mass is 366 g/mol. The summed E-state index contributed by atoms with van der Waals surface area (Å²) in [5.41, 5.74) is 0.769. The van der Waals surface area contributed by atoms with Crippen molar-refractivity contribution in [2.75, 3.05) is 6.54 Å². The Morgan fingerprint density at radius 2 is 2.00 bits per heavy atom. The van der Waals surface area contributed by atoms with Gasteiger partial charge in [-0.05, 0) is 62.1 Å². The Morgan fingerprint density at radius 3 is 2.67 bits per heavy atom. The topological polar surface area (TPSA) is 73.1 Å². The standard InChI is InChI=1S/C20H19FN4O2/c21-14-3-5-15(6-4-14)26-18-8-2-13(11-23-18)19-24-20(27-25-19)16-9-12-1-7-17(16)22-10-12/h2-6,8,11-12,16-17,22H,1,7,9-10H2. The summed E-state index contributed by atoms with van der Waals surface area (Å²) in [5, 5.41) is 7.70. The Bertz CT molecular complexity index is 918. The SMILES string of the molecule is Fc1ccc(Oc2ccc(-c3noc(C4CC5CCC4NC5)n3)cn2)cc1. The van der Waals surface area contributed by atoms with E-state index < -0.39 is 0 Å². The van der Waals surface area contributed by atoms with Crippen LogP contribution >= 0.6 is 0 Å². The molecule has 1 aromatic carbocycles. The van der Waals surface area contributed by atoms with Crippen molar-refractivity contribution in [1.29, 1.82) is 0 Å². The van der Waals surface area contributed by atoms with E-state index >= 15 is 0 Å². The van der Waals surface area contributed by atoms with Crippen molar-refractivity contribution >= 4 is 0 Å². The molecule has 3 atom stereocenters. The second-order valence-corrected chi connectivity index (χ2v) is 7.20. The van der Waals surface area contributed by atoms with Gasteiger partial charge in [-0.15, -0.1) is 0 Å². The summed E-state index contributed by atoms with van der Waals surface area (Å²) < 4.78 is 24.1. The predicted molar refractivity (Wildman–Crippen MR) is 95.9 cm³/mol. The number of hydrogen-bond donors (Lipinski definition) is 1. The van der Waals surface area contributed by atoms with Gasteiger partial charge in [0.05, 0.1) is 5.92 Å². The first-order chi connectivity index (χ1) is 13.2. The highest BCUT2D eigenvalue weighted by Crippen LogP contribution is 2.39. The van der Waals surface area contributed by atoms with E-state index in [2.05, 4.69) is 20.4 Å². The second kappa shape index (κ2) is 6.74. The van der Waals surface area contributed by atoms with Gasteiger partial charge in [0.15, 0.2) is 0 Å². The van der Waals surface area contributed by atoms with Crippen LogP contribution in [0.4, 0.5) is 4.39 Å². The number of benzene rings is 1. The lowest BCUT2D eigenvalue weighted by Crippen LogP contribution is -2.49. The zero-order valence-electron chi connectivity index (χ0n) is 14.6. The predicted octanol–water partition coefficient (Wildman–Crippen LogP) is 3.92. The maximum absolute atomic E-state index is 13.0. The number of pyridine rings is 1. The van der Waals surface area contributed by atoms with Gasteiger partial charge >= 0.3 is 0 Å². The fourth-order valence-electron chi connectivity index (χ4n) is 3.98. The maximum Gasteiger partial charge on any atom is 0.231 e. The molecule has 7 heteroatoms. The minimum absolute atomic E-state index is 0.299. The average molecular weight is 366 g/mol. The van der Waals surface area contributed by atoms with Crippen LogP contribution in [0.3, 0.4) is 0 Å². The number of nitrogens with zero attached hydrogens (tertiary/aromatic N) is 3. The van der Waals surface area contributed by atoms with Crippen LogP contribution in [0.15, 0.2) is 47.1 Å². The molecule has 1 aliphatic carbocycles. The molecule has 2 bridgehead atoms. The van der Waals surface area contributed by atoms with E-state index in [1.807, 2.05) is 6.07 Å². The number of rotatable bonds is 4. The van der Waals surface area contributed by atoms with Crippen molar-refractivity contribution in [2.24, 2.45) is 5.92 Å². The highest BCUT2D eigenvalue weighted by Gasteiger charge is 2.39. The quantitative estimate of drug-likeness (QED) is 0.754. The fraction of sp³-hybridized carbons (Fsp3) is 0.350. The molecule has 2 saturated heterocycles. The summed E-state index contributed by atoms with van der Waals surface area (Å²) in [4.78, 5) is 8.89. The number of piperidine rings is 2. The molecule has 6 nitrogen and oxygen atoms in total. The van der Waals surface area contributed by atoms with Crippen molar-refractivity contribution in [1.82, 2.24) is 20.4 Å². The van der Waals surface area contributed by atoms with Gasteiger partial charge in [-0.3, -0.25) is 0 Å². The number of fused-ring (bicyclic) bond motifs is 3. The van der Waals surface area contributed by atoms with Gasteiger partial charge in [-0.25, -0.2) is 9.37 Å². The lowest BCUT2D eigenvalue weighted by Gasteiger charge is -2.41. The minimum Gasteiger partial charge on any atom is -0.439 e. The van der Waals surface area contributed by atoms with E-state index in [0.717, 1.165) is 18.5 Å². The molecule has 2 aromatic heterocycles. The highest BCUT2D eigenvalue weighted by molar-refractivity contribution is 5.53. The van der Waals surface area contributed by atoms with E-state index in [0.29, 0.717) is 41.2 Å². The van der Waals surface area contributed by atoms with Crippen LogP contribution in [0.25, 0.3) is 11.4 Å². The molecule has 0 radical (unpaired) electrons. The molecular weight excluding hydrogens is 347 g/mol. The largest absolute Gasteiger partial charge is 0.439 e. The molecule has 6 rings (SSSR count). The molecule has 3 aromatic rings. The number of ether oxygens (including phenoxy) is 1. The lowest BCUT2D eigenvalue weighted by atomic mass is 9.74. The first kappa shape index (κ1) is 16.4. The molecule has 4 heterocycles. The van der Waals surface area contributed by atoms with Crippen LogP contribution in [-0.2, 0) is 0 Å². The Balaban J connectivity index is 1.30. The highest BCUT2D eigenvalue weighted by atomic mass is 19.1. The number of nitrogens with one attached hydrogen (secondary N) is 1. The van der Waals surface area contributed by atoms with Gasteiger partial charge in [0, 0.05) is 23.9 Å². The molecule has 27 heavy (non-hydrogen) atoms. The van der Waals surface area contributed by atoms with Crippen molar-refractivity contribution in [3.8, 4) is 23.0 Å². The summed E-state index contributed by atoms with van der Waals surface area (Å²) in [6.45, 7) is 1.10. The van der Waals surface area contributed by atoms with E-state index in [9.17, 15) is 4.39 Å². The molecule has 0 amide bonds. The van der Waals surface area contributed by atoms with Crippen molar-refractivity contribution < 1.29 is 13.7 Å². The summed E-state index contributed by atoms with van der Waals surface area (Å²) >= 11 is 0. The zero-order chi connectivity index (χ0) is 18.2. The Hall–Kier alpha value is -2.80. The normalized spacial score (nSPS) is 24.1. The van der Waals surface area contributed by atoms with Crippen LogP contribution in [0.1, 0.15) is 31.1 Å².